The first-order chi connectivity index (χ1) is 14.0. The Balaban J connectivity index is 1.52. The first kappa shape index (κ1) is 19.6. The molecule has 0 radical (unpaired) electrons. The van der Waals surface area contributed by atoms with E-state index in [-0.39, 0.29) is 17.0 Å². The molecule has 1 aliphatic carbocycles. The van der Waals surface area contributed by atoms with E-state index in [1.807, 2.05) is 55.5 Å². The molecule has 29 heavy (non-hydrogen) atoms. The molecule has 1 saturated carbocycles. The molecule has 0 atom stereocenters. The molecule has 1 N–H and O–H groups in total. The van der Waals surface area contributed by atoms with Crippen LogP contribution < -0.4 is 10.9 Å². The number of hydrogen-bond donors (Lipinski definition) is 1. The van der Waals surface area contributed by atoms with E-state index < -0.39 is 0 Å². The Labute approximate surface area is 174 Å². The maximum Gasteiger partial charge on any atom is 0.274 e. The smallest absolute Gasteiger partial charge is 0.274 e. The van der Waals surface area contributed by atoms with Gasteiger partial charge in [-0.1, -0.05) is 41.9 Å². The summed E-state index contributed by atoms with van der Waals surface area (Å²) >= 11 is 6.01. The number of aromatic nitrogens is 2. The Hall–Kier alpha value is -2.66. The van der Waals surface area contributed by atoms with Crippen molar-refractivity contribution < 1.29 is 4.79 Å². The average molecular weight is 410 g/mol. The fourth-order valence-electron chi connectivity index (χ4n) is 4.05. The van der Waals surface area contributed by atoms with E-state index in [9.17, 15) is 9.59 Å². The minimum atomic E-state index is -0.292. The van der Waals surface area contributed by atoms with Crippen molar-refractivity contribution in [1.82, 2.24) is 15.1 Å². The van der Waals surface area contributed by atoms with E-state index in [0.717, 1.165) is 35.9 Å². The summed E-state index contributed by atoms with van der Waals surface area (Å²) < 4.78 is 1.47. The van der Waals surface area contributed by atoms with Gasteiger partial charge in [0.2, 0.25) is 5.91 Å². The molecule has 150 valence electrons. The van der Waals surface area contributed by atoms with Gasteiger partial charge < -0.3 is 5.32 Å². The molecular weight excluding hydrogens is 386 g/mol. The molecule has 1 heterocycles. The number of benzene rings is 2. The molecule has 1 fully saturated rings. The molecule has 0 aliphatic heterocycles. The lowest BCUT2D eigenvalue weighted by Gasteiger charge is -2.43. The Kier molecular flexibility index (Phi) is 5.41. The van der Waals surface area contributed by atoms with Crippen molar-refractivity contribution >= 4 is 28.3 Å². The van der Waals surface area contributed by atoms with Crippen LogP contribution >= 0.6 is 11.6 Å². The van der Waals surface area contributed by atoms with Crippen molar-refractivity contribution in [3.63, 3.8) is 0 Å². The number of carbonyl (C=O) groups excluding carboxylic acids is 1. The summed E-state index contributed by atoms with van der Waals surface area (Å²) in [5.41, 5.74) is 1.50. The predicted octanol–water partition coefficient (Wildman–Crippen LogP) is 4.20. The molecule has 1 amide bonds. The molecule has 0 unspecified atom stereocenters. The van der Waals surface area contributed by atoms with E-state index >= 15 is 0 Å². The third-order valence-corrected chi connectivity index (χ3v) is 6.07. The molecule has 3 aromatic rings. The summed E-state index contributed by atoms with van der Waals surface area (Å²) in [6, 6.07) is 15.2. The summed E-state index contributed by atoms with van der Waals surface area (Å²) in [5.74, 6) is -0.000204. The number of rotatable bonds is 6. The zero-order valence-electron chi connectivity index (χ0n) is 16.5. The van der Waals surface area contributed by atoms with E-state index in [0.29, 0.717) is 29.8 Å². The second-order valence-corrected chi connectivity index (χ2v) is 8.04. The van der Waals surface area contributed by atoms with Gasteiger partial charge in [0.1, 0.15) is 0 Å². The van der Waals surface area contributed by atoms with Crippen molar-refractivity contribution in [2.24, 2.45) is 0 Å². The van der Waals surface area contributed by atoms with Gasteiger partial charge in [0.15, 0.2) is 0 Å². The fourth-order valence-corrected chi connectivity index (χ4v) is 4.18. The Morgan fingerprint density at radius 1 is 1.14 bits per heavy atom. The summed E-state index contributed by atoms with van der Waals surface area (Å²) in [6.45, 7) is 2.40. The van der Waals surface area contributed by atoms with E-state index in [1.165, 1.54) is 4.68 Å². The Morgan fingerprint density at radius 2 is 1.83 bits per heavy atom. The third-order valence-electron chi connectivity index (χ3n) is 5.82. The predicted molar refractivity (Wildman–Crippen MR) is 115 cm³/mol. The zero-order valence-corrected chi connectivity index (χ0v) is 17.2. The van der Waals surface area contributed by atoms with Gasteiger partial charge in [-0.3, -0.25) is 9.59 Å². The number of amides is 1. The number of nitrogens with zero attached hydrogens (tertiary/aromatic N) is 2. The van der Waals surface area contributed by atoms with Gasteiger partial charge in [0.05, 0.1) is 16.6 Å². The van der Waals surface area contributed by atoms with Crippen molar-refractivity contribution in [2.75, 3.05) is 0 Å². The highest BCUT2D eigenvalue weighted by atomic mass is 35.5. The molecule has 2 aromatic carbocycles. The van der Waals surface area contributed by atoms with Crippen LogP contribution in [0.25, 0.3) is 10.8 Å². The highest BCUT2D eigenvalue weighted by Gasteiger charge is 2.39. The zero-order chi connectivity index (χ0) is 20.4. The number of fused-ring (bicyclic) bond motifs is 1. The third kappa shape index (κ3) is 3.79. The minimum absolute atomic E-state index is 0.000204. The van der Waals surface area contributed by atoms with Gasteiger partial charge >= 0.3 is 0 Å². The van der Waals surface area contributed by atoms with Crippen molar-refractivity contribution in [3.05, 3.63) is 75.2 Å². The monoisotopic (exact) mass is 409 g/mol. The number of nitrogens with one attached hydrogen (secondary N) is 1. The van der Waals surface area contributed by atoms with Crippen molar-refractivity contribution in [1.29, 1.82) is 0 Å². The van der Waals surface area contributed by atoms with E-state index in [1.54, 1.807) is 0 Å². The lowest BCUT2D eigenvalue weighted by atomic mass is 9.71. The molecule has 0 spiro atoms. The first-order valence-corrected chi connectivity index (χ1v) is 10.5. The van der Waals surface area contributed by atoms with Gasteiger partial charge in [0.25, 0.3) is 5.56 Å². The van der Waals surface area contributed by atoms with Crippen LogP contribution in [0.5, 0.6) is 0 Å². The second kappa shape index (κ2) is 7.99. The normalized spacial score (nSPS) is 15.1. The summed E-state index contributed by atoms with van der Waals surface area (Å²) in [4.78, 5) is 25.3. The van der Waals surface area contributed by atoms with Crippen molar-refractivity contribution in [3.8, 4) is 0 Å². The topological polar surface area (TPSA) is 64.0 Å². The summed E-state index contributed by atoms with van der Waals surface area (Å²) in [5, 5.41) is 9.91. The van der Waals surface area contributed by atoms with E-state index in [4.69, 9.17) is 11.6 Å². The summed E-state index contributed by atoms with van der Waals surface area (Å²) in [6.07, 6.45) is 3.78. The lowest BCUT2D eigenvalue weighted by Crippen LogP contribution is -2.50. The van der Waals surface area contributed by atoms with Crippen LogP contribution in [-0.4, -0.2) is 15.7 Å². The SMILES string of the molecule is CCn1nc(CCC(=O)NC2(c3ccc(Cl)cc3)CCC2)c2ccccc2c1=O. The van der Waals surface area contributed by atoms with Gasteiger partial charge in [-0.05, 0) is 49.9 Å². The number of aryl methyl sites for hydroxylation is 2. The number of carbonyl (C=O) groups is 1. The maximum absolute atomic E-state index is 12.8. The van der Waals surface area contributed by atoms with Crippen LogP contribution in [0.2, 0.25) is 5.02 Å². The molecule has 5 nitrogen and oxygen atoms in total. The molecular formula is C23H24ClN3O2. The minimum Gasteiger partial charge on any atom is -0.347 e. The van der Waals surface area contributed by atoms with Crippen LogP contribution in [0, 0.1) is 0 Å². The fraction of sp³-hybridized carbons (Fsp3) is 0.348. The largest absolute Gasteiger partial charge is 0.347 e. The van der Waals surface area contributed by atoms with Gasteiger partial charge in [-0.25, -0.2) is 4.68 Å². The van der Waals surface area contributed by atoms with Crippen molar-refractivity contribution in [2.45, 2.75) is 51.1 Å². The van der Waals surface area contributed by atoms with Crippen LogP contribution in [-0.2, 0) is 23.3 Å². The van der Waals surface area contributed by atoms with Gasteiger partial charge in [-0.2, -0.15) is 5.10 Å². The standard InChI is InChI=1S/C23H24ClN3O2/c1-2-27-22(29)19-7-4-3-6-18(19)20(26-27)12-13-21(28)25-23(14-5-15-23)16-8-10-17(24)11-9-16/h3-4,6-11H,2,5,12-15H2,1H3,(H,25,28). The highest BCUT2D eigenvalue weighted by Crippen LogP contribution is 2.41. The molecule has 4 rings (SSSR count). The van der Waals surface area contributed by atoms with E-state index in [2.05, 4.69) is 10.4 Å². The average Bonchev–Trinajstić information content (AvgIpc) is 2.71. The number of hydrogen-bond acceptors (Lipinski definition) is 3. The molecule has 0 saturated heterocycles. The molecule has 0 bridgehead atoms. The number of halogens is 1. The van der Waals surface area contributed by atoms with Crippen LogP contribution in [0.4, 0.5) is 0 Å². The van der Waals surface area contributed by atoms with Crippen LogP contribution in [0.3, 0.4) is 0 Å². The molecule has 6 heteroatoms. The molecule has 1 aromatic heterocycles. The van der Waals surface area contributed by atoms with Gasteiger partial charge in [0, 0.05) is 29.8 Å². The highest BCUT2D eigenvalue weighted by molar-refractivity contribution is 6.30. The lowest BCUT2D eigenvalue weighted by molar-refractivity contribution is -0.124. The summed E-state index contributed by atoms with van der Waals surface area (Å²) in [7, 11) is 0. The van der Waals surface area contributed by atoms with Gasteiger partial charge in [-0.15, -0.1) is 0 Å². The Morgan fingerprint density at radius 3 is 2.45 bits per heavy atom. The first-order valence-electron chi connectivity index (χ1n) is 10.1. The second-order valence-electron chi connectivity index (χ2n) is 7.60. The maximum atomic E-state index is 12.8. The van der Waals surface area contributed by atoms with Crippen LogP contribution in [0.1, 0.15) is 43.9 Å². The van der Waals surface area contributed by atoms with Crippen LogP contribution in [0.15, 0.2) is 53.3 Å². The molecule has 1 aliphatic rings. The quantitative estimate of drug-likeness (QED) is 0.663. The Bertz CT molecular complexity index is 1100.